The van der Waals surface area contributed by atoms with Gasteiger partial charge in [0.2, 0.25) is 0 Å². The summed E-state index contributed by atoms with van der Waals surface area (Å²) in [4.78, 5) is 26.8. The van der Waals surface area contributed by atoms with E-state index in [1.54, 1.807) is 0 Å². The molecule has 0 saturated heterocycles. The second-order valence-corrected chi connectivity index (χ2v) is 4.60. The van der Waals surface area contributed by atoms with Crippen molar-refractivity contribution in [2.45, 2.75) is 33.6 Å². The van der Waals surface area contributed by atoms with E-state index in [1.165, 1.54) is 6.92 Å². The standard InChI is InChI=1S/C14H23N3O2.ClH/c1-5-11-12(10(3)18)9(2)17-13(11)14(19)16-8-6-7-15-4;/h15,17H,5-8H2,1-4H3,(H,16,19);1H. The van der Waals surface area contributed by atoms with Crippen molar-refractivity contribution >= 4 is 24.1 Å². The van der Waals surface area contributed by atoms with Crippen molar-refractivity contribution in [1.29, 1.82) is 0 Å². The minimum Gasteiger partial charge on any atom is -0.354 e. The number of amides is 1. The Labute approximate surface area is 126 Å². The number of hydrogen-bond acceptors (Lipinski definition) is 3. The van der Waals surface area contributed by atoms with Gasteiger partial charge in [0, 0.05) is 17.8 Å². The van der Waals surface area contributed by atoms with Gasteiger partial charge in [-0.15, -0.1) is 12.4 Å². The lowest BCUT2D eigenvalue weighted by molar-refractivity contribution is 0.0947. The molecule has 1 aromatic rings. The van der Waals surface area contributed by atoms with Crippen LogP contribution in [0.2, 0.25) is 0 Å². The van der Waals surface area contributed by atoms with Crippen LogP contribution in [0.5, 0.6) is 0 Å². The molecule has 0 spiro atoms. The van der Waals surface area contributed by atoms with Gasteiger partial charge in [0.05, 0.1) is 0 Å². The number of aryl methyl sites for hydroxylation is 1. The number of H-pyrrole nitrogens is 1. The van der Waals surface area contributed by atoms with Crippen LogP contribution >= 0.6 is 12.4 Å². The zero-order valence-corrected chi connectivity index (χ0v) is 13.4. The quantitative estimate of drug-likeness (QED) is 0.531. The maximum atomic E-state index is 12.1. The molecule has 0 radical (unpaired) electrons. The molecule has 114 valence electrons. The van der Waals surface area contributed by atoms with E-state index in [4.69, 9.17) is 0 Å². The van der Waals surface area contributed by atoms with Crippen molar-refractivity contribution in [3.63, 3.8) is 0 Å². The molecule has 1 aromatic heterocycles. The van der Waals surface area contributed by atoms with Gasteiger partial charge in [-0.3, -0.25) is 9.59 Å². The third-order valence-corrected chi connectivity index (χ3v) is 3.11. The first-order valence-electron chi connectivity index (χ1n) is 6.68. The number of halogens is 1. The molecule has 0 unspecified atom stereocenters. The Morgan fingerprint density at radius 2 is 1.90 bits per heavy atom. The van der Waals surface area contributed by atoms with Gasteiger partial charge in [0.1, 0.15) is 5.69 Å². The van der Waals surface area contributed by atoms with Crippen molar-refractivity contribution in [3.8, 4) is 0 Å². The lowest BCUT2D eigenvalue weighted by atomic mass is 10.0. The first kappa shape index (κ1) is 18.7. The van der Waals surface area contributed by atoms with Gasteiger partial charge in [0.15, 0.2) is 5.78 Å². The predicted molar refractivity (Wildman–Crippen MR) is 83.0 cm³/mol. The number of rotatable bonds is 7. The summed E-state index contributed by atoms with van der Waals surface area (Å²) in [7, 11) is 1.88. The fourth-order valence-corrected chi connectivity index (χ4v) is 2.26. The monoisotopic (exact) mass is 301 g/mol. The number of carbonyl (C=O) groups excluding carboxylic acids is 2. The Balaban J connectivity index is 0.00000361. The summed E-state index contributed by atoms with van der Waals surface area (Å²) >= 11 is 0. The Hall–Kier alpha value is -1.33. The molecule has 0 bridgehead atoms. The average Bonchev–Trinajstić information content (AvgIpc) is 2.71. The van der Waals surface area contributed by atoms with Crippen molar-refractivity contribution in [3.05, 3.63) is 22.5 Å². The molecule has 20 heavy (non-hydrogen) atoms. The molecular weight excluding hydrogens is 278 g/mol. The number of aromatic amines is 1. The maximum Gasteiger partial charge on any atom is 0.268 e. The van der Waals surface area contributed by atoms with Crippen molar-refractivity contribution in [2.24, 2.45) is 0 Å². The van der Waals surface area contributed by atoms with Crippen LogP contribution < -0.4 is 10.6 Å². The number of nitrogens with one attached hydrogen (secondary N) is 3. The second kappa shape index (κ2) is 8.76. The molecule has 0 aromatic carbocycles. The Morgan fingerprint density at radius 1 is 1.25 bits per heavy atom. The van der Waals surface area contributed by atoms with Gasteiger partial charge in [-0.2, -0.15) is 0 Å². The summed E-state index contributed by atoms with van der Waals surface area (Å²) in [5.74, 6) is -0.136. The second-order valence-electron chi connectivity index (χ2n) is 4.60. The molecule has 6 heteroatoms. The Kier molecular flexibility index (Phi) is 8.18. The summed E-state index contributed by atoms with van der Waals surface area (Å²) in [6.07, 6.45) is 1.54. The van der Waals surface area contributed by atoms with Crippen LogP contribution in [-0.4, -0.2) is 36.8 Å². The van der Waals surface area contributed by atoms with Crippen LogP contribution in [0.25, 0.3) is 0 Å². The number of Topliss-reactive ketones (excluding diaryl/α,β-unsaturated/α-hetero) is 1. The smallest absolute Gasteiger partial charge is 0.268 e. The number of hydrogen-bond donors (Lipinski definition) is 3. The molecule has 0 aliphatic rings. The lowest BCUT2D eigenvalue weighted by Crippen LogP contribution is -2.27. The van der Waals surface area contributed by atoms with Gasteiger partial charge in [-0.05, 0) is 45.8 Å². The zero-order chi connectivity index (χ0) is 14.4. The normalized spacial score (nSPS) is 10.0. The van der Waals surface area contributed by atoms with E-state index in [0.717, 1.165) is 24.2 Å². The molecular formula is C14H24ClN3O2. The fraction of sp³-hybridized carbons (Fsp3) is 0.571. The SMILES string of the molecule is CCc1c(C(=O)NCCCNC)[nH]c(C)c1C(C)=O.Cl. The highest BCUT2D eigenvalue weighted by Crippen LogP contribution is 2.20. The molecule has 0 aliphatic carbocycles. The topological polar surface area (TPSA) is 74.0 Å². The first-order valence-corrected chi connectivity index (χ1v) is 6.68. The van der Waals surface area contributed by atoms with Crippen LogP contribution in [0.3, 0.4) is 0 Å². The minimum atomic E-state index is -0.136. The van der Waals surface area contributed by atoms with Crippen molar-refractivity contribution in [2.75, 3.05) is 20.1 Å². The molecule has 0 aliphatic heterocycles. The number of aromatic nitrogens is 1. The van der Waals surface area contributed by atoms with Crippen LogP contribution in [0.4, 0.5) is 0 Å². The van der Waals surface area contributed by atoms with E-state index in [2.05, 4.69) is 15.6 Å². The molecule has 0 fully saturated rings. The Morgan fingerprint density at radius 3 is 2.40 bits per heavy atom. The fourth-order valence-electron chi connectivity index (χ4n) is 2.26. The molecule has 0 saturated carbocycles. The molecule has 1 rings (SSSR count). The van der Waals surface area contributed by atoms with Gasteiger partial charge < -0.3 is 15.6 Å². The van der Waals surface area contributed by atoms with Crippen LogP contribution in [-0.2, 0) is 6.42 Å². The predicted octanol–water partition coefficient (Wildman–Crippen LogP) is 1.85. The average molecular weight is 302 g/mol. The summed E-state index contributed by atoms with van der Waals surface area (Å²) in [6, 6.07) is 0. The number of ketones is 1. The van der Waals surface area contributed by atoms with Crippen LogP contribution in [0.15, 0.2) is 0 Å². The third-order valence-electron chi connectivity index (χ3n) is 3.11. The van der Waals surface area contributed by atoms with E-state index in [1.807, 2.05) is 20.9 Å². The van der Waals surface area contributed by atoms with E-state index in [0.29, 0.717) is 24.2 Å². The van der Waals surface area contributed by atoms with Crippen LogP contribution in [0, 0.1) is 6.92 Å². The van der Waals surface area contributed by atoms with E-state index < -0.39 is 0 Å². The number of carbonyl (C=O) groups is 2. The first-order chi connectivity index (χ1) is 9.02. The zero-order valence-electron chi connectivity index (χ0n) is 12.6. The summed E-state index contributed by atoms with van der Waals surface area (Å²) in [6.45, 7) is 6.80. The van der Waals surface area contributed by atoms with Crippen molar-refractivity contribution < 1.29 is 9.59 Å². The highest BCUT2D eigenvalue weighted by molar-refractivity contribution is 6.02. The van der Waals surface area contributed by atoms with Gasteiger partial charge >= 0.3 is 0 Å². The summed E-state index contributed by atoms with van der Waals surface area (Å²) < 4.78 is 0. The molecule has 0 atom stereocenters. The largest absolute Gasteiger partial charge is 0.354 e. The van der Waals surface area contributed by atoms with Crippen LogP contribution in [0.1, 0.15) is 52.4 Å². The van der Waals surface area contributed by atoms with E-state index in [9.17, 15) is 9.59 Å². The van der Waals surface area contributed by atoms with E-state index >= 15 is 0 Å². The maximum absolute atomic E-state index is 12.1. The summed E-state index contributed by atoms with van der Waals surface area (Å²) in [5, 5.41) is 5.89. The molecule has 3 N–H and O–H groups in total. The van der Waals surface area contributed by atoms with Gasteiger partial charge in [-0.25, -0.2) is 0 Å². The Bertz CT molecular complexity index is 469. The highest BCUT2D eigenvalue weighted by Gasteiger charge is 2.21. The van der Waals surface area contributed by atoms with E-state index in [-0.39, 0.29) is 24.1 Å². The minimum absolute atomic E-state index is 0. The lowest BCUT2D eigenvalue weighted by Gasteiger charge is -2.06. The highest BCUT2D eigenvalue weighted by atomic mass is 35.5. The van der Waals surface area contributed by atoms with Gasteiger partial charge in [0.25, 0.3) is 5.91 Å². The molecule has 1 heterocycles. The third kappa shape index (κ3) is 4.35. The molecule has 1 amide bonds. The van der Waals surface area contributed by atoms with Crippen molar-refractivity contribution in [1.82, 2.24) is 15.6 Å². The summed E-state index contributed by atoms with van der Waals surface area (Å²) in [5.41, 5.74) is 2.76. The molecule has 5 nitrogen and oxygen atoms in total. The van der Waals surface area contributed by atoms with Gasteiger partial charge in [-0.1, -0.05) is 6.92 Å².